The van der Waals surface area contributed by atoms with Crippen molar-refractivity contribution in [2.75, 3.05) is 46.5 Å². The van der Waals surface area contributed by atoms with Crippen LogP contribution in [0.4, 0.5) is 4.79 Å². The van der Waals surface area contributed by atoms with E-state index in [0.29, 0.717) is 13.1 Å². The zero-order valence-corrected chi connectivity index (χ0v) is 36.1. The van der Waals surface area contributed by atoms with Gasteiger partial charge in [-0.15, -0.1) is 0 Å². The van der Waals surface area contributed by atoms with Crippen molar-refractivity contribution in [3.63, 3.8) is 0 Å². The lowest BCUT2D eigenvalue weighted by molar-refractivity contribution is -0.116. The van der Waals surface area contributed by atoms with Crippen LogP contribution in [0.25, 0.3) is 0 Å². The van der Waals surface area contributed by atoms with Gasteiger partial charge in [-0.2, -0.15) is 0 Å². The van der Waals surface area contributed by atoms with Gasteiger partial charge in [0.05, 0.1) is 54.5 Å². The smallest absolute Gasteiger partial charge is 0.410 e. The third kappa shape index (κ3) is 8.60. The molecular formula is C44H59N3O13. The molecule has 1 saturated heterocycles. The van der Waals surface area contributed by atoms with Gasteiger partial charge in [-0.3, -0.25) is 19.2 Å². The number of ketones is 3. The number of Topliss-reactive ketones (excluding diaryl/α,β-unsaturated/α-hetero) is 3. The molecule has 4 heterocycles. The van der Waals surface area contributed by atoms with E-state index in [0.717, 1.165) is 0 Å². The second-order valence-corrected chi connectivity index (χ2v) is 16.1. The number of carbonyl (C=O) groups is 5. The number of rotatable bonds is 5. The molecule has 9 atom stereocenters. The third-order valence-corrected chi connectivity index (χ3v) is 12.2. The molecule has 0 unspecified atom stereocenters. The number of phenols is 1. The molecule has 0 spiro atoms. The Hall–Kier alpha value is -5.03. The Kier molecular flexibility index (Phi) is 14.4. The first kappa shape index (κ1) is 46.0. The number of fused-ring (bicyclic) bond motifs is 14. The highest BCUT2D eigenvalue weighted by Crippen LogP contribution is 2.49. The van der Waals surface area contributed by atoms with Crippen molar-refractivity contribution in [1.29, 1.82) is 0 Å². The van der Waals surface area contributed by atoms with E-state index in [1.165, 1.54) is 51.2 Å². The van der Waals surface area contributed by atoms with Crippen molar-refractivity contribution < 1.29 is 63.0 Å². The van der Waals surface area contributed by atoms with Crippen LogP contribution in [0.5, 0.6) is 11.5 Å². The lowest BCUT2D eigenvalue weighted by atomic mass is 9.78. The summed E-state index contributed by atoms with van der Waals surface area (Å²) in [5, 5.41) is 37.3. The minimum atomic E-state index is -2.09. The summed E-state index contributed by atoms with van der Waals surface area (Å²) in [6.45, 7) is 16.4. The Bertz CT molecular complexity index is 2000. The van der Waals surface area contributed by atoms with Crippen molar-refractivity contribution in [3.8, 4) is 11.5 Å². The molecule has 1 aromatic rings. The van der Waals surface area contributed by atoms with Gasteiger partial charge in [0.15, 0.2) is 0 Å². The summed E-state index contributed by atoms with van der Waals surface area (Å²) < 4.78 is 29.5. The highest BCUT2D eigenvalue weighted by atomic mass is 16.7. The minimum absolute atomic E-state index is 0.00104. The van der Waals surface area contributed by atoms with E-state index in [4.69, 9.17) is 23.7 Å². The summed E-state index contributed by atoms with van der Waals surface area (Å²) in [5.74, 6) is -8.63. The Morgan fingerprint density at radius 1 is 0.933 bits per heavy atom. The van der Waals surface area contributed by atoms with Crippen molar-refractivity contribution >= 4 is 29.4 Å². The van der Waals surface area contributed by atoms with Crippen LogP contribution in [0.1, 0.15) is 92.0 Å². The van der Waals surface area contributed by atoms with Crippen molar-refractivity contribution in [3.05, 3.63) is 69.8 Å². The first-order valence-corrected chi connectivity index (χ1v) is 20.5. The van der Waals surface area contributed by atoms with Gasteiger partial charge in [0.1, 0.15) is 29.0 Å². The second-order valence-electron chi connectivity index (χ2n) is 16.1. The molecule has 0 radical (unpaired) electrons. The number of allylic oxidation sites excluding steroid dienone is 4. The van der Waals surface area contributed by atoms with Crippen LogP contribution in [-0.4, -0.2) is 131 Å². The quantitative estimate of drug-likeness (QED) is 0.328. The summed E-state index contributed by atoms with van der Waals surface area (Å²) in [5.41, 5.74) is -1.48. The van der Waals surface area contributed by atoms with Crippen LogP contribution in [0.3, 0.4) is 0 Å². The Balaban J connectivity index is 1.66. The number of benzene rings is 1. The van der Waals surface area contributed by atoms with E-state index in [1.807, 2.05) is 13.8 Å². The molecule has 328 valence electrons. The van der Waals surface area contributed by atoms with Crippen molar-refractivity contribution in [2.45, 2.75) is 92.5 Å². The number of aromatic hydroxyl groups is 1. The highest BCUT2D eigenvalue weighted by Gasteiger charge is 2.53. The molecule has 16 heteroatoms. The number of methoxy groups -OCH3 is 1. The predicted octanol–water partition coefficient (Wildman–Crippen LogP) is 4.21. The van der Waals surface area contributed by atoms with Gasteiger partial charge in [0.2, 0.25) is 11.6 Å². The Labute approximate surface area is 350 Å². The molecular weight excluding hydrogens is 778 g/mol. The van der Waals surface area contributed by atoms with E-state index in [-0.39, 0.29) is 65.7 Å². The molecule has 5 bridgehead atoms. The van der Waals surface area contributed by atoms with Gasteiger partial charge in [-0.05, 0) is 33.8 Å². The zero-order valence-electron chi connectivity index (χ0n) is 36.1. The fourth-order valence-corrected chi connectivity index (χ4v) is 8.25. The van der Waals surface area contributed by atoms with Crippen LogP contribution >= 0.6 is 0 Å². The molecule has 2 amide bonds. The lowest BCUT2D eigenvalue weighted by Crippen LogP contribution is -2.48. The molecule has 1 aromatic carbocycles. The molecule has 0 aromatic heterocycles. The topological polar surface area (TPSA) is 211 Å². The summed E-state index contributed by atoms with van der Waals surface area (Å²) in [6.07, 6.45) is 2.77. The third-order valence-electron chi connectivity index (χ3n) is 12.2. The summed E-state index contributed by atoms with van der Waals surface area (Å²) >= 11 is 0. The molecule has 16 nitrogen and oxygen atoms in total. The van der Waals surface area contributed by atoms with E-state index in [1.54, 1.807) is 44.7 Å². The summed E-state index contributed by atoms with van der Waals surface area (Å²) in [7, 11) is 1.44. The van der Waals surface area contributed by atoms with Gasteiger partial charge in [0.25, 0.3) is 11.7 Å². The number of aliphatic hydroxyl groups excluding tert-OH is 2. The van der Waals surface area contributed by atoms with Crippen LogP contribution in [0, 0.1) is 30.6 Å². The molecule has 5 aliphatic rings. The van der Waals surface area contributed by atoms with Gasteiger partial charge >= 0.3 is 11.9 Å². The number of amides is 2. The van der Waals surface area contributed by atoms with Gasteiger partial charge in [-0.25, -0.2) is 4.79 Å². The number of nitrogens with one attached hydrogen (secondary N) is 1. The van der Waals surface area contributed by atoms with Crippen LogP contribution in [0.2, 0.25) is 0 Å². The number of hydrogen-bond acceptors (Lipinski definition) is 14. The maximum atomic E-state index is 14.7. The Morgan fingerprint density at radius 3 is 2.20 bits per heavy atom. The van der Waals surface area contributed by atoms with E-state index in [9.17, 15) is 39.3 Å². The van der Waals surface area contributed by atoms with E-state index < -0.39 is 94.5 Å². The van der Waals surface area contributed by atoms with Crippen LogP contribution < -0.4 is 10.1 Å². The fraction of sp³-hybridized carbons (Fsp3) is 0.568. The van der Waals surface area contributed by atoms with Gasteiger partial charge in [0, 0.05) is 75.0 Å². The maximum Gasteiger partial charge on any atom is 0.410 e. The van der Waals surface area contributed by atoms with Crippen molar-refractivity contribution in [1.82, 2.24) is 15.1 Å². The number of morpholine rings is 1. The monoisotopic (exact) mass is 837 g/mol. The molecule has 4 aliphatic heterocycles. The van der Waals surface area contributed by atoms with Gasteiger partial charge in [-0.1, -0.05) is 45.9 Å². The minimum Gasteiger partial charge on any atom is -0.507 e. The largest absolute Gasteiger partial charge is 0.507 e. The van der Waals surface area contributed by atoms with Gasteiger partial charge < -0.3 is 54.1 Å². The van der Waals surface area contributed by atoms with Crippen LogP contribution in [0.15, 0.2) is 47.5 Å². The highest BCUT2D eigenvalue weighted by molar-refractivity contribution is 6.32. The fourth-order valence-electron chi connectivity index (χ4n) is 8.25. The average molecular weight is 838 g/mol. The second kappa shape index (κ2) is 18.7. The number of carbonyl (C=O) groups excluding carboxylic acids is 5. The molecule has 0 saturated carbocycles. The molecule has 60 heavy (non-hydrogen) atoms. The Morgan fingerprint density at radius 2 is 1.58 bits per heavy atom. The lowest BCUT2D eigenvalue weighted by Gasteiger charge is -2.38. The number of aliphatic hydroxyl groups is 2. The first-order chi connectivity index (χ1) is 28.3. The number of nitrogens with zero attached hydrogens (tertiary/aromatic N) is 2. The number of ether oxygens (including phenoxy) is 5. The average Bonchev–Trinajstić information content (AvgIpc) is 3.49. The normalized spacial score (nSPS) is 32.4. The summed E-state index contributed by atoms with van der Waals surface area (Å²) in [6, 6.07) is 0. The van der Waals surface area contributed by atoms with Crippen molar-refractivity contribution in [2.24, 2.45) is 23.7 Å². The molecule has 4 N–H and O–H groups in total. The standard InChI is InChI=1S/C44H59N3O13/c1-11-46(12-2)43(55)59-39-24(5)28(56-10)16-19-58-44(9)41(53)31-29-30(36(50)27(8)40(31)60-44)37(51)32(33(38(29)52)47-17-20-57-21-18-47)45-42(54)23(4)15-13-14-22(3)34(48)25(6)35(49)26(39)7/h13-16,19,22,24-26,28,34-35,39,48-50H,11-12,17-18,20-21H2,1-10H3,(H,45,54)/b14-13+,19-16+,23-15-/t22-,24+,25+,26+,28-,34-,35+,39+,44-/m0/s1. The van der Waals surface area contributed by atoms with Crippen LogP contribution in [-0.2, 0) is 23.7 Å². The first-order valence-electron chi connectivity index (χ1n) is 20.5. The van der Waals surface area contributed by atoms with E-state index >= 15 is 0 Å². The zero-order chi connectivity index (χ0) is 44.4. The molecule has 6 rings (SSSR count). The summed E-state index contributed by atoms with van der Waals surface area (Å²) in [4.78, 5) is 73.9. The predicted molar refractivity (Wildman–Crippen MR) is 218 cm³/mol. The molecule has 1 fully saturated rings. The SMILES string of the molecule is CCN(CC)C(=O)O[C@H]1[C@H](C)[C@H](O)[C@H](C)[C@@H](O)[C@@H](C)/C=C/C=C(/C)C(=O)NC2=C(N3CCOCC3)C(=O)c3c(c(O)c(C)c4c3C(=O)[C@@](C)(O/C=C/[C@H](OC)[C@H]1C)O4)C2=O. The van der Waals surface area contributed by atoms with E-state index in [2.05, 4.69) is 5.32 Å². The molecule has 1 aliphatic carbocycles. The number of phenolic OH excluding ortho intramolecular Hbond substituents is 1. The maximum absolute atomic E-state index is 14.7. The number of hydrogen-bond donors (Lipinski definition) is 4.